The summed E-state index contributed by atoms with van der Waals surface area (Å²) in [5, 5.41) is 0. The Kier molecular flexibility index (Phi) is 5.25. The maximum atomic E-state index is 5.44. The van der Waals surface area contributed by atoms with Crippen LogP contribution in [0.4, 0.5) is 0 Å². The van der Waals surface area contributed by atoms with E-state index in [0.29, 0.717) is 0 Å². The van der Waals surface area contributed by atoms with Crippen LogP contribution >= 0.6 is 0 Å². The average molecular weight is 197 g/mol. The van der Waals surface area contributed by atoms with Crippen molar-refractivity contribution in [1.29, 1.82) is 0 Å². The van der Waals surface area contributed by atoms with E-state index in [1.807, 2.05) is 12.4 Å². The normalized spacial score (nSPS) is 10.7. The van der Waals surface area contributed by atoms with Crippen molar-refractivity contribution in [2.24, 2.45) is 5.73 Å². The van der Waals surface area contributed by atoms with E-state index in [0.717, 1.165) is 44.8 Å². The summed E-state index contributed by atoms with van der Waals surface area (Å²) in [6, 6.07) is 0. The zero-order valence-electron chi connectivity index (χ0n) is 8.78. The van der Waals surface area contributed by atoms with E-state index >= 15 is 0 Å². The highest BCUT2D eigenvalue weighted by Gasteiger charge is 2.01. The van der Waals surface area contributed by atoms with Crippen LogP contribution in [0.15, 0.2) is 12.4 Å². The number of unbranched alkanes of at least 4 members (excludes halogenated alkanes) is 1. The summed E-state index contributed by atoms with van der Waals surface area (Å²) in [6.45, 7) is 2.51. The van der Waals surface area contributed by atoms with Crippen molar-refractivity contribution in [2.45, 2.75) is 25.8 Å². The molecule has 1 aromatic rings. The van der Waals surface area contributed by atoms with Gasteiger partial charge in [0.15, 0.2) is 0 Å². The van der Waals surface area contributed by atoms with Gasteiger partial charge in [-0.15, -0.1) is 0 Å². The largest absolute Gasteiger partial charge is 0.384 e. The number of aromatic nitrogens is 2. The van der Waals surface area contributed by atoms with Crippen molar-refractivity contribution >= 4 is 0 Å². The van der Waals surface area contributed by atoms with Crippen LogP contribution in [0.2, 0.25) is 0 Å². The monoisotopic (exact) mass is 197 g/mol. The molecule has 1 aromatic heterocycles. The first-order valence-corrected chi connectivity index (χ1v) is 5.07. The Morgan fingerprint density at radius 3 is 3.07 bits per heavy atom. The number of hydrogen-bond donors (Lipinski definition) is 1. The molecule has 4 heteroatoms. The number of rotatable bonds is 7. The predicted octanol–water partition coefficient (Wildman–Crippen LogP) is 0.811. The molecule has 0 radical (unpaired) electrons. The Balaban J connectivity index is 2.37. The maximum Gasteiger partial charge on any atom is 0.110 e. The Morgan fingerprint density at radius 1 is 1.50 bits per heavy atom. The standard InChI is InChI=1S/C10H19N3O/c1-14-9-4-10-12-6-8-13(10)7-3-2-5-11/h6,8H,2-5,7,9,11H2,1H3. The van der Waals surface area contributed by atoms with Gasteiger partial charge in [-0.25, -0.2) is 4.98 Å². The Labute approximate surface area is 85.1 Å². The molecule has 80 valence electrons. The highest BCUT2D eigenvalue weighted by atomic mass is 16.5. The molecule has 0 saturated carbocycles. The summed E-state index contributed by atoms with van der Waals surface area (Å²) in [6.07, 6.45) is 6.93. The second-order valence-electron chi connectivity index (χ2n) is 3.28. The first-order valence-electron chi connectivity index (χ1n) is 5.07. The fourth-order valence-electron chi connectivity index (χ4n) is 1.39. The molecule has 1 heterocycles. The van der Waals surface area contributed by atoms with Gasteiger partial charge in [-0.1, -0.05) is 0 Å². The van der Waals surface area contributed by atoms with E-state index in [4.69, 9.17) is 10.5 Å². The Bertz CT molecular complexity index is 247. The first kappa shape index (κ1) is 11.2. The van der Waals surface area contributed by atoms with Crippen molar-refractivity contribution in [1.82, 2.24) is 9.55 Å². The zero-order valence-corrected chi connectivity index (χ0v) is 8.78. The van der Waals surface area contributed by atoms with Crippen LogP contribution < -0.4 is 5.73 Å². The molecule has 0 bridgehead atoms. The van der Waals surface area contributed by atoms with Gasteiger partial charge < -0.3 is 15.0 Å². The van der Waals surface area contributed by atoms with Gasteiger partial charge in [-0.05, 0) is 19.4 Å². The van der Waals surface area contributed by atoms with Gasteiger partial charge in [-0.3, -0.25) is 0 Å². The van der Waals surface area contributed by atoms with Crippen LogP contribution in [0, 0.1) is 0 Å². The third-order valence-corrected chi connectivity index (χ3v) is 2.18. The van der Waals surface area contributed by atoms with Crippen molar-refractivity contribution in [3.05, 3.63) is 18.2 Å². The van der Waals surface area contributed by atoms with E-state index < -0.39 is 0 Å². The third kappa shape index (κ3) is 3.47. The predicted molar refractivity (Wildman–Crippen MR) is 56.1 cm³/mol. The summed E-state index contributed by atoms with van der Waals surface area (Å²) >= 11 is 0. The van der Waals surface area contributed by atoms with Crippen LogP contribution in [0.3, 0.4) is 0 Å². The minimum absolute atomic E-state index is 0.730. The van der Waals surface area contributed by atoms with Crippen LogP contribution in [-0.2, 0) is 17.7 Å². The molecule has 0 atom stereocenters. The fraction of sp³-hybridized carbons (Fsp3) is 0.700. The summed E-state index contributed by atoms with van der Waals surface area (Å²) < 4.78 is 7.20. The van der Waals surface area contributed by atoms with E-state index in [2.05, 4.69) is 9.55 Å². The molecule has 14 heavy (non-hydrogen) atoms. The highest BCUT2D eigenvalue weighted by Crippen LogP contribution is 2.01. The van der Waals surface area contributed by atoms with Crippen molar-refractivity contribution in [3.63, 3.8) is 0 Å². The molecule has 4 nitrogen and oxygen atoms in total. The number of ether oxygens (including phenoxy) is 1. The van der Waals surface area contributed by atoms with Crippen LogP contribution in [0.25, 0.3) is 0 Å². The Hall–Kier alpha value is -0.870. The van der Waals surface area contributed by atoms with Crippen molar-refractivity contribution < 1.29 is 4.74 Å². The van der Waals surface area contributed by atoms with Crippen LogP contribution in [-0.4, -0.2) is 29.8 Å². The molecular weight excluding hydrogens is 178 g/mol. The fourth-order valence-corrected chi connectivity index (χ4v) is 1.39. The van der Waals surface area contributed by atoms with Crippen molar-refractivity contribution in [2.75, 3.05) is 20.3 Å². The van der Waals surface area contributed by atoms with Crippen LogP contribution in [0.5, 0.6) is 0 Å². The highest BCUT2D eigenvalue weighted by molar-refractivity contribution is 4.92. The number of methoxy groups -OCH3 is 1. The third-order valence-electron chi connectivity index (χ3n) is 2.18. The van der Waals surface area contributed by atoms with Gasteiger partial charge in [0.1, 0.15) is 5.82 Å². The van der Waals surface area contributed by atoms with E-state index in [1.54, 1.807) is 7.11 Å². The van der Waals surface area contributed by atoms with Gasteiger partial charge in [0.05, 0.1) is 6.61 Å². The van der Waals surface area contributed by atoms with Gasteiger partial charge in [0, 0.05) is 32.5 Å². The molecule has 0 spiro atoms. The number of imidazole rings is 1. The summed E-state index contributed by atoms with van der Waals surface area (Å²) in [7, 11) is 1.71. The first-order chi connectivity index (χ1) is 6.88. The average Bonchev–Trinajstić information content (AvgIpc) is 2.63. The van der Waals surface area contributed by atoms with Gasteiger partial charge in [0.25, 0.3) is 0 Å². The Morgan fingerprint density at radius 2 is 2.36 bits per heavy atom. The topological polar surface area (TPSA) is 53.1 Å². The van der Waals surface area contributed by atoms with E-state index in [1.165, 1.54) is 0 Å². The van der Waals surface area contributed by atoms with E-state index in [-0.39, 0.29) is 0 Å². The number of aryl methyl sites for hydroxylation is 1. The molecular formula is C10H19N3O. The molecule has 1 rings (SSSR count). The van der Waals surface area contributed by atoms with Gasteiger partial charge in [0.2, 0.25) is 0 Å². The lowest BCUT2D eigenvalue weighted by atomic mass is 10.3. The maximum absolute atomic E-state index is 5.44. The lowest BCUT2D eigenvalue weighted by molar-refractivity contribution is 0.199. The van der Waals surface area contributed by atoms with Gasteiger partial charge in [-0.2, -0.15) is 0 Å². The molecule has 0 aliphatic heterocycles. The minimum atomic E-state index is 0.730. The van der Waals surface area contributed by atoms with Crippen molar-refractivity contribution in [3.8, 4) is 0 Å². The smallest absolute Gasteiger partial charge is 0.110 e. The van der Waals surface area contributed by atoms with E-state index in [9.17, 15) is 0 Å². The molecule has 0 fully saturated rings. The second kappa shape index (κ2) is 6.56. The molecule has 0 aromatic carbocycles. The molecule has 0 saturated heterocycles. The lowest BCUT2D eigenvalue weighted by Gasteiger charge is -2.06. The van der Waals surface area contributed by atoms with Gasteiger partial charge >= 0.3 is 0 Å². The summed E-state index contributed by atoms with van der Waals surface area (Å²) in [4.78, 5) is 4.28. The second-order valence-corrected chi connectivity index (χ2v) is 3.28. The minimum Gasteiger partial charge on any atom is -0.384 e. The zero-order chi connectivity index (χ0) is 10.2. The molecule has 2 N–H and O–H groups in total. The lowest BCUT2D eigenvalue weighted by Crippen LogP contribution is -2.08. The number of nitrogens with two attached hydrogens (primary N) is 1. The molecule has 0 aliphatic rings. The van der Waals surface area contributed by atoms with Crippen LogP contribution in [0.1, 0.15) is 18.7 Å². The SMILES string of the molecule is COCCc1nccn1CCCCN. The summed E-state index contributed by atoms with van der Waals surface area (Å²) in [5.74, 6) is 1.10. The molecule has 0 amide bonds. The molecule has 0 aliphatic carbocycles. The molecule has 0 unspecified atom stereocenters. The summed E-state index contributed by atoms with van der Waals surface area (Å²) in [5.41, 5.74) is 5.44. The number of nitrogens with zero attached hydrogens (tertiary/aromatic N) is 2. The number of hydrogen-bond acceptors (Lipinski definition) is 3. The quantitative estimate of drug-likeness (QED) is 0.658.